The van der Waals surface area contributed by atoms with Crippen LogP contribution < -0.4 is 4.90 Å². The lowest BCUT2D eigenvalue weighted by molar-refractivity contribution is -0.122. The number of carbonyl (C=O) groups is 2. The van der Waals surface area contributed by atoms with E-state index in [1.807, 2.05) is 12.2 Å². The number of carboxylic acids is 1. The molecular weight excluding hydrogens is 258 g/mol. The second kappa shape index (κ2) is 6.34. The van der Waals surface area contributed by atoms with Crippen LogP contribution in [0.25, 0.3) is 0 Å². The molecule has 0 bridgehead atoms. The van der Waals surface area contributed by atoms with Crippen molar-refractivity contribution in [3.8, 4) is 0 Å². The molecule has 2 rings (SSSR count). The molecule has 1 aliphatic carbocycles. The van der Waals surface area contributed by atoms with E-state index in [0.29, 0.717) is 18.5 Å². The van der Waals surface area contributed by atoms with Gasteiger partial charge in [0.25, 0.3) is 0 Å². The van der Waals surface area contributed by atoms with Crippen LogP contribution in [0.15, 0.2) is 36.4 Å². The fourth-order valence-corrected chi connectivity index (χ4v) is 2.29. The highest BCUT2D eigenvalue weighted by Gasteiger charge is 2.25. The van der Waals surface area contributed by atoms with E-state index in [-0.39, 0.29) is 30.5 Å². The maximum Gasteiger partial charge on any atom is 0.335 e. The highest BCUT2D eigenvalue weighted by molar-refractivity contribution is 5.96. The van der Waals surface area contributed by atoms with Gasteiger partial charge in [0.05, 0.1) is 12.2 Å². The van der Waals surface area contributed by atoms with E-state index in [0.717, 1.165) is 0 Å². The number of aromatic carboxylic acids is 1. The molecule has 0 fully saturated rings. The number of amides is 1. The van der Waals surface area contributed by atoms with Crippen molar-refractivity contribution in [3.63, 3.8) is 0 Å². The van der Waals surface area contributed by atoms with Gasteiger partial charge in [0, 0.05) is 18.2 Å². The number of allylic oxidation sites excluding steroid dienone is 2. The van der Waals surface area contributed by atoms with Gasteiger partial charge in [-0.3, -0.25) is 4.79 Å². The third-order valence-electron chi connectivity index (χ3n) is 3.37. The number of aliphatic hydroxyl groups is 1. The molecule has 1 aliphatic rings. The van der Waals surface area contributed by atoms with Crippen LogP contribution in [0.3, 0.4) is 0 Å². The second-order valence-corrected chi connectivity index (χ2v) is 4.71. The monoisotopic (exact) mass is 275 g/mol. The van der Waals surface area contributed by atoms with Crippen LogP contribution in [0.2, 0.25) is 0 Å². The fraction of sp³-hybridized carbons (Fsp3) is 0.333. The summed E-state index contributed by atoms with van der Waals surface area (Å²) in [5, 5.41) is 18.0. The fourth-order valence-electron chi connectivity index (χ4n) is 2.29. The van der Waals surface area contributed by atoms with Gasteiger partial charge in [0.2, 0.25) is 5.91 Å². The Morgan fingerprint density at radius 3 is 2.25 bits per heavy atom. The molecule has 2 N–H and O–H groups in total. The van der Waals surface area contributed by atoms with Gasteiger partial charge in [-0.1, -0.05) is 12.2 Å². The van der Waals surface area contributed by atoms with Crippen molar-refractivity contribution in [1.82, 2.24) is 0 Å². The van der Waals surface area contributed by atoms with E-state index in [9.17, 15) is 9.59 Å². The first kappa shape index (κ1) is 14.3. The SMILES string of the molecule is O=C(O)c1ccc(N(CCO)C(=O)C2CC=CC2)cc1. The number of aliphatic hydroxyl groups excluding tert-OH is 1. The van der Waals surface area contributed by atoms with Gasteiger partial charge >= 0.3 is 5.97 Å². The lowest BCUT2D eigenvalue weighted by atomic mass is 10.0. The molecule has 0 spiro atoms. The molecule has 0 aliphatic heterocycles. The first-order valence-corrected chi connectivity index (χ1v) is 6.54. The van der Waals surface area contributed by atoms with Gasteiger partial charge in [-0.2, -0.15) is 0 Å². The van der Waals surface area contributed by atoms with Crippen molar-refractivity contribution in [2.24, 2.45) is 5.92 Å². The Labute approximate surface area is 117 Å². The average molecular weight is 275 g/mol. The van der Waals surface area contributed by atoms with Crippen LogP contribution in [-0.2, 0) is 4.79 Å². The van der Waals surface area contributed by atoms with Gasteiger partial charge in [0.1, 0.15) is 0 Å². The maximum atomic E-state index is 12.4. The van der Waals surface area contributed by atoms with E-state index in [2.05, 4.69) is 0 Å². The largest absolute Gasteiger partial charge is 0.478 e. The first-order chi connectivity index (χ1) is 9.63. The minimum absolute atomic E-state index is 0.0351. The second-order valence-electron chi connectivity index (χ2n) is 4.71. The molecule has 0 heterocycles. The predicted molar refractivity (Wildman–Crippen MR) is 74.7 cm³/mol. The zero-order chi connectivity index (χ0) is 14.5. The molecule has 1 amide bonds. The Morgan fingerprint density at radius 2 is 1.75 bits per heavy atom. The van der Waals surface area contributed by atoms with Gasteiger partial charge in [-0.15, -0.1) is 0 Å². The summed E-state index contributed by atoms with van der Waals surface area (Å²) >= 11 is 0. The summed E-state index contributed by atoms with van der Waals surface area (Å²) in [5.41, 5.74) is 0.786. The lowest BCUT2D eigenvalue weighted by Gasteiger charge is -2.25. The summed E-state index contributed by atoms with van der Waals surface area (Å²) in [6, 6.07) is 6.11. The van der Waals surface area contributed by atoms with Gasteiger partial charge in [0.15, 0.2) is 0 Å². The minimum Gasteiger partial charge on any atom is -0.478 e. The van der Waals surface area contributed by atoms with Crippen molar-refractivity contribution in [1.29, 1.82) is 0 Å². The number of hydrogen-bond acceptors (Lipinski definition) is 3. The Kier molecular flexibility index (Phi) is 4.53. The van der Waals surface area contributed by atoms with Crippen LogP contribution in [-0.4, -0.2) is 35.2 Å². The number of carbonyl (C=O) groups excluding carboxylic acids is 1. The van der Waals surface area contributed by atoms with Crippen molar-refractivity contribution in [2.75, 3.05) is 18.1 Å². The van der Waals surface area contributed by atoms with E-state index in [1.165, 1.54) is 17.0 Å². The van der Waals surface area contributed by atoms with E-state index < -0.39 is 5.97 Å². The van der Waals surface area contributed by atoms with Gasteiger partial charge in [-0.05, 0) is 37.1 Å². The number of anilines is 1. The molecule has 0 saturated heterocycles. The zero-order valence-electron chi connectivity index (χ0n) is 11.0. The summed E-state index contributed by atoms with van der Waals surface area (Å²) in [5.74, 6) is -1.12. The maximum absolute atomic E-state index is 12.4. The Morgan fingerprint density at radius 1 is 1.15 bits per heavy atom. The molecule has 0 unspecified atom stereocenters. The normalized spacial score (nSPS) is 14.4. The minimum atomic E-state index is -1.00. The Bertz CT molecular complexity index is 513. The number of hydrogen-bond donors (Lipinski definition) is 2. The van der Waals surface area contributed by atoms with Crippen LogP contribution in [0, 0.1) is 5.92 Å². The van der Waals surface area contributed by atoms with Gasteiger partial charge in [-0.25, -0.2) is 4.79 Å². The van der Waals surface area contributed by atoms with Crippen molar-refractivity contribution < 1.29 is 19.8 Å². The van der Waals surface area contributed by atoms with Crippen molar-refractivity contribution >= 4 is 17.6 Å². The van der Waals surface area contributed by atoms with Crippen molar-refractivity contribution in [2.45, 2.75) is 12.8 Å². The van der Waals surface area contributed by atoms with Crippen molar-refractivity contribution in [3.05, 3.63) is 42.0 Å². The van der Waals surface area contributed by atoms with Gasteiger partial charge < -0.3 is 15.1 Å². The number of rotatable bonds is 5. The molecule has 1 aromatic rings. The highest BCUT2D eigenvalue weighted by Crippen LogP contribution is 2.24. The van der Waals surface area contributed by atoms with E-state index in [1.54, 1.807) is 12.1 Å². The topological polar surface area (TPSA) is 77.8 Å². The molecule has 5 nitrogen and oxygen atoms in total. The lowest BCUT2D eigenvalue weighted by Crippen LogP contribution is -2.37. The van der Waals surface area contributed by atoms with Crippen LogP contribution in [0.1, 0.15) is 23.2 Å². The molecule has 5 heteroatoms. The van der Waals surface area contributed by atoms with E-state index >= 15 is 0 Å². The smallest absolute Gasteiger partial charge is 0.335 e. The Hall–Kier alpha value is -2.14. The average Bonchev–Trinajstić information content (AvgIpc) is 2.98. The summed E-state index contributed by atoms with van der Waals surface area (Å²) in [6.07, 6.45) is 5.39. The predicted octanol–water partition coefficient (Wildman–Crippen LogP) is 1.68. The molecular formula is C15H17NO4. The van der Waals surface area contributed by atoms with Crippen LogP contribution in [0.4, 0.5) is 5.69 Å². The molecule has 0 saturated carbocycles. The zero-order valence-corrected chi connectivity index (χ0v) is 11.0. The highest BCUT2D eigenvalue weighted by atomic mass is 16.4. The molecule has 106 valence electrons. The van der Waals surface area contributed by atoms with Crippen LogP contribution >= 0.6 is 0 Å². The third kappa shape index (κ3) is 3.05. The Balaban J connectivity index is 2.18. The van der Waals surface area contributed by atoms with E-state index in [4.69, 9.17) is 10.2 Å². The summed E-state index contributed by atoms with van der Waals surface area (Å²) < 4.78 is 0. The third-order valence-corrected chi connectivity index (χ3v) is 3.37. The summed E-state index contributed by atoms with van der Waals surface area (Å²) in [4.78, 5) is 24.8. The first-order valence-electron chi connectivity index (χ1n) is 6.54. The number of nitrogens with zero attached hydrogens (tertiary/aromatic N) is 1. The quantitative estimate of drug-likeness (QED) is 0.801. The molecule has 1 aromatic carbocycles. The number of benzene rings is 1. The van der Waals surface area contributed by atoms with Crippen LogP contribution in [0.5, 0.6) is 0 Å². The summed E-state index contributed by atoms with van der Waals surface area (Å²) in [7, 11) is 0. The molecule has 0 radical (unpaired) electrons. The summed E-state index contributed by atoms with van der Waals surface area (Å²) in [6.45, 7) is 0.0777. The standard InChI is InChI=1S/C15H17NO4/c17-10-9-16(14(18)11-3-1-2-4-11)13-7-5-12(6-8-13)15(19)20/h1-2,5-8,11,17H,3-4,9-10H2,(H,19,20). The molecule has 0 aromatic heterocycles. The number of carboxylic acid groups (broad SMARTS) is 1. The molecule has 20 heavy (non-hydrogen) atoms. The molecule has 0 atom stereocenters.